The van der Waals surface area contributed by atoms with Crippen LogP contribution in [0.2, 0.25) is 0 Å². The highest BCUT2D eigenvalue weighted by atomic mass is 16.7. The molecule has 3 aliphatic carbocycles. The molecule has 6 rings (SSSR count). The van der Waals surface area contributed by atoms with Crippen LogP contribution in [0, 0.1) is 23.2 Å². The monoisotopic (exact) mass is 660 g/mol. The van der Waals surface area contributed by atoms with Gasteiger partial charge in [-0.05, 0) is 54.1 Å². The van der Waals surface area contributed by atoms with Crippen LogP contribution in [0.1, 0.15) is 58.6 Å². The average Bonchev–Trinajstić information content (AvgIpc) is 3.42. The third-order valence-corrected chi connectivity index (χ3v) is 10.7. The van der Waals surface area contributed by atoms with Crippen molar-refractivity contribution >= 4 is 30.9 Å². The number of nitrogens with one attached hydrogen (secondary N) is 4. The number of amides is 4. The molecule has 2 aromatic rings. The molecule has 4 N–H and O–H groups in total. The van der Waals surface area contributed by atoms with Gasteiger partial charge in [0.05, 0.1) is 25.3 Å². The Morgan fingerprint density at radius 2 is 1.40 bits per heavy atom. The van der Waals surface area contributed by atoms with Crippen molar-refractivity contribution in [3.8, 4) is 0 Å². The Balaban J connectivity index is 1.29. The lowest BCUT2D eigenvalue weighted by molar-refractivity contribution is -0.199. The number of carbonyl (C=O) groups is 4. The van der Waals surface area contributed by atoms with Crippen molar-refractivity contribution in [1.82, 2.24) is 21.3 Å². The molecule has 4 aliphatic rings. The van der Waals surface area contributed by atoms with E-state index in [9.17, 15) is 19.2 Å². The molecule has 0 radical (unpaired) electrons. The average molecular weight is 661 g/mol. The largest absolute Gasteiger partial charge is 0.478 e. The fourth-order valence-corrected chi connectivity index (χ4v) is 7.72. The molecule has 7 unspecified atom stereocenters. The van der Waals surface area contributed by atoms with Crippen LogP contribution < -0.4 is 21.3 Å². The van der Waals surface area contributed by atoms with E-state index in [1.54, 1.807) is 13.8 Å². The van der Waals surface area contributed by atoms with Gasteiger partial charge < -0.3 is 35.3 Å². The van der Waals surface area contributed by atoms with Crippen molar-refractivity contribution in [3.05, 3.63) is 71.8 Å². The van der Waals surface area contributed by atoms with Gasteiger partial charge in [-0.25, -0.2) is 4.79 Å². The summed E-state index contributed by atoms with van der Waals surface area (Å²) < 4.78 is 17.5. The van der Waals surface area contributed by atoms with E-state index in [0.717, 1.165) is 24.0 Å². The van der Waals surface area contributed by atoms with E-state index in [0.29, 0.717) is 11.8 Å². The Kier molecular flexibility index (Phi) is 10.8. The molecule has 48 heavy (non-hydrogen) atoms. The van der Waals surface area contributed by atoms with Crippen molar-refractivity contribution < 1.29 is 33.2 Å². The molecule has 0 aromatic heterocycles. The number of benzene rings is 2. The number of hydrogen-bond acceptors (Lipinski definition) is 7. The molecule has 2 bridgehead atoms. The first-order valence-electron chi connectivity index (χ1n) is 17.0. The lowest BCUT2D eigenvalue weighted by atomic mass is 9.43. The minimum atomic E-state index is -1.04. The van der Waals surface area contributed by atoms with Gasteiger partial charge in [0.15, 0.2) is 0 Å². The van der Waals surface area contributed by atoms with Gasteiger partial charge in [-0.3, -0.25) is 14.4 Å². The van der Waals surface area contributed by atoms with Gasteiger partial charge in [0, 0.05) is 12.8 Å². The molecule has 12 heteroatoms. The summed E-state index contributed by atoms with van der Waals surface area (Å²) in [5.41, 5.74) is 1.48. The fourth-order valence-electron chi connectivity index (χ4n) is 7.72. The molecule has 4 fully saturated rings. The summed E-state index contributed by atoms with van der Waals surface area (Å²) in [4.78, 5) is 53.2. The topological polar surface area (TPSA) is 144 Å². The van der Waals surface area contributed by atoms with Crippen molar-refractivity contribution in [3.63, 3.8) is 0 Å². The maximum atomic E-state index is 14.0. The second-order valence-corrected chi connectivity index (χ2v) is 14.5. The minimum absolute atomic E-state index is 0.0123. The van der Waals surface area contributed by atoms with Gasteiger partial charge in [0.25, 0.3) is 0 Å². The Labute approximate surface area is 283 Å². The Morgan fingerprint density at radius 3 is 1.94 bits per heavy atom. The third-order valence-electron chi connectivity index (χ3n) is 10.7. The summed E-state index contributed by atoms with van der Waals surface area (Å²) in [6.45, 7) is 10.3. The molecule has 1 heterocycles. The van der Waals surface area contributed by atoms with Crippen LogP contribution in [0.4, 0.5) is 4.79 Å². The van der Waals surface area contributed by atoms with Gasteiger partial charge in [0.1, 0.15) is 18.1 Å². The van der Waals surface area contributed by atoms with E-state index in [1.807, 2.05) is 60.7 Å². The van der Waals surface area contributed by atoms with Crippen LogP contribution in [-0.4, -0.2) is 74.3 Å². The van der Waals surface area contributed by atoms with E-state index in [4.69, 9.17) is 14.0 Å². The summed E-state index contributed by atoms with van der Waals surface area (Å²) in [7, 11) is 0.628. The highest BCUT2D eigenvalue weighted by Crippen LogP contribution is 2.65. The van der Waals surface area contributed by atoms with Gasteiger partial charge in [0.2, 0.25) is 17.7 Å². The molecule has 1 aliphatic heterocycles. The number of methoxy groups -OCH3 is 1. The van der Waals surface area contributed by atoms with Crippen LogP contribution in [0.5, 0.6) is 0 Å². The molecule has 0 spiro atoms. The third kappa shape index (κ3) is 7.70. The zero-order chi connectivity index (χ0) is 34.6. The normalized spacial score (nSPS) is 25.5. The number of ether oxygens (including phenoxy) is 1. The molecule has 3 saturated carbocycles. The molecule has 7 atom stereocenters. The van der Waals surface area contributed by atoms with Crippen molar-refractivity contribution in [2.75, 3.05) is 13.6 Å². The predicted octanol–water partition coefficient (Wildman–Crippen LogP) is 3.21. The van der Waals surface area contributed by atoms with Crippen LogP contribution in [0.25, 0.3) is 0 Å². The summed E-state index contributed by atoms with van der Waals surface area (Å²) in [5, 5.41) is 11.2. The summed E-state index contributed by atoms with van der Waals surface area (Å²) in [6, 6.07) is 15.8. The summed E-state index contributed by atoms with van der Waals surface area (Å²) >= 11 is 0. The Hall–Kier alpha value is -3.90. The maximum Gasteiger partial charge on any atom is 0.478 e. The van der Waals surface area contributed by atoms with E-state index in [1.165, 1.54) is 7.11 Å². The molecule has 1 saturated heterocycles. The van der Waals surface area contributed by atoms with Crippen LogP contribution in [-0.2, 0) is 41.3 Å². The SMILES string of the molecule is COC(=O)NC(C(=O)NC(Cc1ccccc1)C(=O)NC(Cc1ccccc1)C(=O)NCB1OC2CC3CC(C3(C)C)C2(C)O1)C(C)C. The van der Waals surface area contributed by atoms with E-state index >= 15 is 0 Å². The fraction of sp³-hybridized carbons (Fsp3) is 0.556. The maximum absolute atomic E-state index is 14.0. The summed E-state index contributed by atoms with van der Waals surface area (Å²) in [5.74, 6) is -0.737. The van der Waals surface area contributed by atoms with Crippen molar-refractivity contribution in [2.45, 2.75) is 90.1 Å². The first-order valence-corrected chi connectivity index (χ1v) is 17.0. The number of carbonyl (C=O) groups excluding carboxylic acids is 4. The lowest BCUT2D eigenvalue weighted by Crippen LogP contribution is -2.65. The lowest BCUT2D eigenvalue weighted by Gasteiger charge is -2.64. The van der Waals surface area contributed by atoms with Crippen molar-refractivity contribution in [2.24, 2.45) is 23.2 Å². The van der Waals surface area contributed by atoms with Crippen LogP contribution >= 0.6 is 0 Å². The number of rotatable bonds is 13. The number of hydrogen-bond donors (Lipinski definition) is 4. The quantitative estimate of drug-likeness (QED) is 0.242. The van der Waals surface area contributed by atoms with E-state index < -0.39 is 48.8 Å². The second-order valence-electron chi connectivity index (χ2n) is 14.5. The standard InChI is InChI=1S/C36H49BN4O7/c1-22(2)30(41-34(45)46-6)33(44)40-27(18-24-15-11-8-12-16-24)32(43)39-26(17-23-13-9-7-10-14-23)31(42)38-21-37-47-29-20-25-19-28(35(25,3)4)36(29,5)48-37/h7-16,22,25-30H,17-21H2,1-6H3,(H,38,42)(H,39,43)(H,40,44)(H,41,45). The zero-order valence-electron chi connectivity index (χ0n) is 28.8. The molecule has 2 aromatic carbocycles. The van der Waals surface area contributed by atoms with E-state index in [-0.39, 0.29) is 42.6 Å². The molecule has 258 valence electrons. The Morgan fingerprint density at radius 1 is 0.833 bits per heavy atom. The van der Waals surface area contributed by atoms with Gasteiger partial charge in [-0.15, -0.1) is 0 Å². The first kappa shape index (κ1) is 35.4. The molecule has 11 nitrogen and oxygen atoms in total. The highest BCUT2D eigenvalue weighted by molar-refractivity contribution is 6.46. The van der Waals surface area contributed by atoms with Gasteiger partial charge in [-0.1, -0.05) is 88.4 Å². The molecular formula is C36H49BN4O7. The minimum Gasteiger partial charge on any atom is -0.453 e. The van der Waals surface area contributed by atoms with E-state index in [2.05, 4.69) is 42.0 Å². The van der Waals surface area contributed by atoms with Crippen molar-refractivity contribution in [1.29, 1.82) is 0 Å². The zero-order valence-corrected chi connectivity index (χ0v) is 28.8. The van der Waals surface area contributed by atoms with Crippen LogP contribution in [0.15, 0.2) is 60.7 Å². The highest BCUT2D eigenvalue weighted by Gasteiger charge is 2.67. The Bertz CT molecular complexity index is 1460. The molecule has 4 amide bonds. The smallest absolute Gasteiger partial charge is 0.453 e. The first-order chi connectivity index (χ1) is 22.8. The number of alkyl carbamates (subject to hydrolysis) is 1. The molecular weight excluding hydrogens is 611 g/mol. The van der Waals surface area contributed by atoms with Crippen LogP contribution in [0.3, 0.4) is 0 Å². The van der Waals surface area contributed by atoms with Gasteiger partial charge in [-0.2, -0.15) is 0 Å². The summed E-state index contributed by atoms with van der Waals surface area (Å²) in [6.07, 6.45) is 1.85. The predicted molar refractivity (Wildman–Crippen MR) is 181 cm³/mol. The van der Waals surface area contributed by atoms with Gasteiger partial charge >= 0.3 is 13.2 Å². The second kappa shape index (κ2) is 14.7.